The van der Waals surface area contributed by atoms with Crippen LogP contribution in [0.3, 0.4) is 0 Å². The molecule has 3 rings (SSSR count). The number of anilines is 1. The van der Waals surface area contributed by atoms with Crippen LogP contribution in [0, 0.1) is 5.92 Å². The van der Waals surface area contributed by atoms with E-state index in [9.17, 15) is 14.4 Å². The first-order chi connectivity index (χ1) is 16.7. The fourth-order valence-electron chi connectivity index (χ4n) is 3.85. The van der Waals surface area contributed by atoms with Gasteiger partial charge in [-0.15, -0.1) is 11.3 Å². The van der Waals surface area contributed by atoms with Crippen molar-refractivity contribution in [2.75, 3.05) is 51.1 Å². The van der Waals surface area contributed by atoms with Gasteiger partial charge in [0.1, 0.15) is 6.54 Å². The monoisotopic (exact) mass is 539 g/mol. The molecular weight excluding hydrogens is 509 g/mol. The second-order valence-corrected chi connectivity index (χ2v) is 10.6. The summed E-state index contributed by atoms with van der Waals surface area (Å²) in [7, 11) is 0. The predicted molar refractivity (Wildman–Crippen MR) is 140 cm³/mol. The number of carbonyl (C=O) groups is 3. The van der Waals surface area contributed by atoms with E-state index in [1.807, 2.05) is 18.7 Å². The van der Waals surface area contributed by atoms with Crippen LogP contribution in [0.1, 0.15) is 36.8 Å². The van der Waals surface area contributed by atoms with Gasteiger partial charge in [0, 0.05) is 43.1 Å². The highest BCUT2D eigenvalue weighted by Crippen LogP contribution is 2.23. The molecule has 1 aromatic heterocycles. The minimum absolute atomic E-state index is 0.0393. The van der Waals surface area contributed by atoms with Gasteiger partial charge in [0.05, 0.1) is 22.7 Å². The minimum Gasteiger partial charge on any atom is -0.340 e. The van der Waals surface area contributed by atoms with Crippen molar-refractivity contribution in [3.63, 3.8) is 0 Å². The average molecular weight is 541 g/mol. The summed E-state index contributed by atoms with van der Waals surface area (Å²) in [5, 5.41) is 5.60. The van der Waals surface area contributed by atoms with E-state index in [-0.39, 0.29) is 41.6 Å². The van der Waals surface area contributed by atoms with Crippen LogP contribution < -0.4 is 5.32 Å². The molecule has 1 aliphatic rings. The summed E-state index contributed by atoms with van der Waals surface area (Å²) in [6.07, 6.45) is 0.200. The Morgan fingerprint density at radius 3 is 2.51 bits per heavy atom. The number of hydrogen-bond donors (Lipinski definition) is 1. The van der Waals surface area contributed by atoms with Crippen LogP contribution in [0.5, 0.6) is 0 Å². The summed E-state index contributed by atoms with van der Waals surface area (Å²) in [5.74, 6) is -0.525. The number of aromatic nitrogens is 1. The summed E-state index contributed by atoms with van der Waals surface area (Å²) in [4.78, 5) is 48.5. The predicted octanol–water partition coefficient (Wildman–Crippen LogP) is 3.89. The zero-order chi connectivity index (χ0) is 25.5. The number of benzene rings is 1. The number of halogens is 2. The Labute approximate surface area is 220 Å². The van der Waals surface area contributed by atoms with E-state index in [1.165, 1.54) is 22.3 Å². The third-order valence-corrected chi connectivity index (χ3v) is 7.03. The SMILES string of the molecule is CCN1CCN(C(=O)Cc2csc(NC(=O)CN(CC(C)C)C(=O)c3ccc(Cl)cc3Cl)n2)CC1. The Morgan fingerprint density at radius 2 is 1.89 bits per heavy atom. The van der Waals surface area contributed by atoms with Crippen LogP contribution in [0.4, 0.5) is 5.13 Å². The summed E-state index contributed by atoms with van der Waals surface area (Å²) < 4.78 is 0. The van der Waals surface area contributed by atoms with E-state index >= 15 is 0 Å². The summed E-state index contributed by atoms with van der Waals surface area (Å²) in [6.45, 7) is 10.5. The lowest BCUT2D eigenvalue weighted by Gasteiger charge is -2.34. The third kappa shape index (κ3) is 7.90. The summed E-state index contributed by atoms with van der Waals surface area (Å²) >= 11 is 13.4. The van der Waals surface area contributed by atoms with Crippen molar-refractivity contribution in [3.8, 4) is 0 Å². The number of amides is 3. The molecule has 0 aliphatic carbocycles. The first-order valence-corrected chi connectivity index (χ1v) is 13.3. The molecule has 8 nitrogen and oxygen atoms in total. The molecule has 2 aromatic rings. The Morgan fingerprint density at radius 1 is 1.17 bits per heavy atom. The number of hydrogen-bond acceptors (Lipinski definition) is 6. The van der Waals surface area contributed by atoms with Crippen molar-refractivity contribution in [3.05, 3.63) is 44.9 Å². The molecule has 190 valence electrons. The second-order valence-electron chi connectivity index (χ2n) is 8.89. The molecule has 0 spiro atoms. The number of rotatable bonds is 9. The summed E-state index contributed by atoms with van der Waals surface area (Å²) in [6, 6.07) is 4.66. The van der Waals surface area contributed by atoms with E-state index in [4.69, 9.17) is 23.2 Å². The number of carbonyl (C=O) groups excluding carboxylic acids is 3. The van der Waals surface area contributed by atoms with Gasteiger partial charge in [0.15, 0.2) is 5.13 Å². The maximum atomic E-state index is 13.1. The molecule has 1 N–H and O–H groups in total. The van der Waals surface area contributed by atoms with Crippen molar-refractivity contribution in [2.24, 2.45) is 5.92 Å². The smallest absolute Gasteiger partial charge is 0.255 e. The molecule has 0 atom stereocenters. The quantitative estimate of drug-likeness (QED) is 0.522. The van der Waals surface area contributed by atoms with Crippen LogP contribution in [0.2, 0.25) is 10.0 Å². The highest BCUT2D eigenvalue weighted by Gasteiger charge is 2.24. The molecule has 1 saturated heterocycles. The molecule has 11 heteroatoms. The molecule has 0 radical (unpaired) electrons. The molecule has 0 bridgehead atoms. The third-order valence-electron chi connectivity index (χ3n) is 5.67. The first-order valence-electron chi connectivity index (χ1n) is 11.6. The topological polar surface area (TPSA) is 85.9 Å². The zero-order valence-electron chi connectivity index (χ0n) is 20.2. The highest BCUT2D eigenvalue weighted by molar-refractivity contribution is 7.13. The maximum Gasteiger partial charge on any atom is 0.255 e. The van der Waals surface area contributed by atoms with Gasteiger partial charge in [-0.25, -0.2) is 4.98 Å². The van der Waals surface area contributed by atoms with Gasteiger partial charge in [-0.2, -0.15) is 0 Å². The largest absolute Gasteiger partial charge is 0.340 e. The Kier molecular flexibility index (Phi) is 9.91. The van der Waals surface area contributed by atoms with Gasteiger partial charge in [-0.05, 0) is 30.7 Å². The van der Waals surface area contributed by atoms with Gasteiger partial charge in [0.25, 0.3) is 5.91 Å². The maximum absolute atomic E-state index is 13.1. The fraction of sp³-hybridized carbons (Fsp3) is 0.500. The van der Waals surface area contributed by atoms with Crippen molar-refractivity contribution in [2.45, 2.75) is 27.2 Å². The zero-order valence-corrected chi connectivity index (χ0v) is 22.5. The highest BCUT2D eigenvalue weighted by atomic mass is 35.5. The second kappa shape index (κ2) is 12.7. The molecule has 1 fully saturated rings. The summed E-state index contributed by atoms with van der Waals surface area (Å²) in [5.41, 5.74) is 0.913. The van der Waals surface area contributed by atoms with E-state index in [2.05, 4.69) is 22.1 Å². The molecule has 35 heavy (non-hydrogen) atoms. The van der Waals surface area contributed by atoms with E-state index < -0.39 is 0 Å². The van der Waals surface area contributed by atoms with E-state index in [0.717, 1.165) is 32.7 Å². The number of thiazole rings is 1. The van der Waals surface area contributed by atoms with Crippen LogP contribution in [0.25, 0.3) is 0 Å². The normalized spacial score (nSPS) is 14.3. The van der Waals surface area contributed by atoms with Crippen LogP contribution >= 0.6 is 34.5 Å². The molecular formula is C24H31Cl2N5O3S. The van der Waals surface area contributed by atoms with Gasteiger partial charge < -0.3 is 20.0 Å². The lowest BCUT2D eigenvalue weighted by Crippen LogP contribution is -2.48. The Bertz CT molecular complexity index is 1050. The van der Waals surface area contributed by atoms with Gasteiger partial charge in [-0.1, -0.05) is 44.0 Å². The van der Waals surface area contributed by atoms with Crippen molar-refractivity contribution < 1.29 is 14.4 Å². The number of piperazine rings is 1. The van der Waals surface area contributed by atoms with Crippen LogP contribution in [0.15, 0.2) is 23.6 Å². The van der Waals surface area contributed by atoms with E-state index in [1.54, 1.807) is 17.5 Å². The molecule has 2 heterocycles. The first kappa shape index (κ1) is 27.4. The molecule has 3 amide bonds. The van der Waals surface area contributed by atoms with Crippen LogP contribution in [-0.2, 0) is 16.0 Å². The lowest BCUT2D eigenvalue weighted by atomic mass is 10.1. The molecule has 1 aromatic carbocycles. The standard InChI is InChI=1S/C24H31Cl2N5O3S/c1-4-29-7-9-30(10-8-29)22(33)12-18-15-35-24(27-18)28-21(32)14-31(13-16(2)3)23(34)19-6-5-17(25)11-20(19)26/h5-6,11,15-16H,4,7-10,12-14H2,1-3H3,(H,27,28,32). The van der Waals surface area contributed by atoms with Gasteiger partial charge >= 0.3 is 0 Å². The van der Waals surface area contributed by atoms with Gasteiger partial charge in [-0.3, -0.25) is 14.4 Å². The Balaban J connectivity index is 1.58. The molecule has 0 saturated carbocycles. The average Bonchev–Trinajstić information content (AvgIpc) is 3.24. The number of nitrogens with one attached hydrogen (secondary N) is 1. The van der Waals surface area contributed by atoms with Crippen LogP contribution in [-0.4, -0.2) is 83.2 Å². The van der Waals surface area contributed by atoms with E-state index in [0.29, 0.717) is 28.0 Å². The van der Waals surface area contributed by atoms with Crippen molar-refractivity contribution in [1.82, 2.24) is 19.7 Å². The number of nitrogens with zero attached hydrogens (tertiary/aromatic N) is 4. The number of likely N-dealkylation sites (N-methyl/N-ethyl adjacent to an activating group) is 1. The van der Waals surface area contributed by atoms with Gasteiger partial charge in [0.2, 0.25) is 11.8 Å². The molecule has 0 unspecified atom stereocenters. The molecule has 1 aliphatic heterocycles. The minimum atomic E-state index is -0.369. The lowest BCUT2D eigenvalue weighted by molar-refractivity contribution is -0.132. The van der Waals surface area contributed by atoms with Crippen molar-refractivity contribution in [1.29, 1.82) is 0 Å². The Hall–Kier alpha value is -2.20. The fourth-order valence-corrected chi connectivity index (χ4v) is 5.07. The van der Waals surface area contributed by atoms with Crippen molar-refractivity contribution >= 4 is 57.4 Å².